The molecule has 0 aliphatic heterocycles. The molecule has 1 aromatic heterocycles. The van der Waals surface area contributed by atoms with Gasteiger partial charge < -0.3 is 0 Å². The second-order valence-electron chi connectivity index (χ2n) is 6.69. The van der Waals surface area contributed by atoms with Gasteiger partial charge in [-0.1, -0.05) is 78.9 Å². The van der Waals surface area contributed by atoms with E-state index in [0.717, 1.165) is 33.2 Å². The number of rotatable bonds is 5. The summed E-state index contributed by atoms with van der Waals surface area (Å²) < 4.78 is 0. The summed E-state index contributed by atoms with van der Waals surface area (Å²) in [5.74, 6) is -0.340. The highest BCUT2D eigenvalue weighted by molar-refractivity contribution is 5.98. The number of H-pyrrole nitrogens is 1. The number of hydrogen-bond donors (Lipinski definition) is 2. The zero-order chi connectivity index (χ0) is 20.1. The van der Waals surface area contributed by atoms with Crippen LogP contribution >= 0.6 is 0 Å². The van der Waals surface area contributed by atoms with Crippen molar-refractivity contribution in [3.8, 4) is 11.3 Å². The standard InChI is InChI=1S/C24H20N4O/c1-17(14-18-8-3-2-4-9-18)16-25-28-24(29)23-15-22(26-27-23)21-13-7-11-19-10-5-6-12-20(19)21/h2-16H,1H3,(H,26,27)(H,28,29)/b17-14+,25-16-. The summed E-state index contributed by atoms with van der Waals surface area (Å²) in [6, 6.07) is 25.8. The van der Waals surface area contributed by atoms with Crippen molar-refractivity contribution in [2.45, 2.75) is 6.92 Å². The Morgan fingerprint density at radius 2 is 1.76 bits per heavy atom. The molecule has 0 unspecified atom stereocenters. The van der Waals surface area contributed by atoms with Gasteiger partial charge in [0.2, 0.25) is 0 Å². The lowest BCUT2D eigenvalue weighted by atomic mass is 10.0. The van der Waals surface area contributed by atoms with Crippen LogP contribution in [0.4, 0.5) is 0 Å². The summed E-state index contributed by atoms with van der Waals surface area (Å²) in [6.07, 6.45) is 3.61. The fraction of sp³-hybridized carbons (Fsp3) is 0.0417. The zero-order valence-corrected chi connectivity index (χ0v) is 16.0. The Bertz CT molecular complexity index is 1200. The maximum atomic E-state index is 12.4. The number of benzene rings is 3. The van der Waals surface area contributed by atoms with E-state index in [0.29, 0.717) is 5.69 Å². The second kappa shape index (κ2) is 8.35. The number of aromatic nitrogens is 2. The van der Waals surface area contributed by atoms with E-state index in [9.17, 15) is 4.79 Å². The molecule has 0 aliphatic rings. The van der Waals surface area contributed by atoms with E-state index in [4.69, 9.17) is 0 Å². The summed E-state index contributed by atoms with van der Waals surface area (Å²) in [4.78, 5) is 12.4. The lowest BCUT2D eigenvalue weighted by molar-refractivity contribution is 0.0950. The number of nitrogens with zero attached hydrogens (tertiary/aromatic N) is 2. The smallest absolute Gasteiger partial charge is 0.272 e. The first kappa shape index (κ1) is 18.4. The third kappa shape index (κ3) is 4.30. The van der Waals surface area contributed by atoms with Crippen LogP contribution in [-0.2, 0) is 0 Å². The minimum Gasteiger partial charge on any atom is -0.272 e. The molecule has 0 bridgehead atoms. The van der Waals surface area contributed by atoms with Crippen molar-refractivity contribution in [3.05, 3.63) is 95.7 Å². The third-order valence-corrected chi connectivity index (χ3v) is 4.52. The molecule has 0 radical (unpaired) electrons. The summed E-state index contributed by atoms with van der Waals surface area (Å²) in [7, 11) is 0. The molecule has 1 amide bonds. The molecule has 29 heavy (non-hydrogen) atoms. The van der Waals surface area contributed by atoms with Crippen LogP contribution in [0, 0.1) is 0 Å². The van der Waals surface area contributed by atoms with Gasteiger partial charge in [-0.15, -0.1) is 0 Å². The molecule has 4 aromatic rings. The fourth-order valence-corrected chi connectivity index (χ4v) is 3.13. The monoisotopic (exact) mass is 380 g/mol. The number of amides is 1. The van der Waals surface area contributed by atoms with Crippen molar-refractivity contribution < 1.29 is 4.79 Å². The highest BCUT2D eigenvalue weighted by atomic mass is 16.2. The predicted molar refractivity (Wildman–Crippen MR) is 118 cm³/mol. The largest absolute Gasteiger partial charge is 0.289 e. The molecule has 0 aliphatic carbocycles. The van der Waals surface area contributed by atoms with Gasteiger partial charge in [0.05, 0.1) is 11.9 Å². The molecule has 142 valence electrons. The molecule has 0 saturated carbocycles. The van der Waals surface area contributed by atoms with Gasteiger partial charge in [0.15, 0.2) is 0 Å². The van der Waals surface area contributed by atoms with E-state index < -0.39 is 0 Å². The van der Waals surface area contributed by atoms with Gasteiger partial charge in [-0.25, -0.2) is 5.43 Å². The van der Waals surface area contributed by atoms with Crippen LogP contribution in [-0.4, -0.2) is 22.3 Å². The minimum absolute atomic E-state index is 0.340. The first-order valence-electron chi connectivity index (χ1n) is 9.31. The highest BCUT2D eigenvalue weighted by Gasteiger charge is 2.12. The van der Waals surface area contributed by atoms with E-state index in [1.807, 2.05) is 73.7 Å². The van der Waals surface area contributed by atoms with E-state index in [2.05, 4.69) is 32.9 Å². The van der Waals surface area contributed by atoms with Crippen molar-refractivity contribution in [2.24, 2.45) is 5.10 Å². The summed E-state index contributed by atoms with van der Waals surface area (Å²) in [5.41, 5.74) is 6.59. The summed E-state index contributed by atoms with van der Waals surface area (Å²) >= 11 is 0. The maximum absolute atomic E-state index is 12.4. The van der Waals surface area contributed by atoms with Crippen LogP contribution in [0.15, 0.2) is 89.5 Å². The summed E-state index contributed by atoms with van der Waals surface area (Å²) in [5, 5.41) is 13.4. The molecule has 2 N–H and O–H groups in total. The average Bonchev–Trinajstić information content (AvgIpc) is 3.24. The fourth-order valence-electron chi connectivity index (χ4n) is 3.13. The SMILES string of the molecule is CC(/C=N\NC(=O)c1cc(-c2cccc3ccccc23)n[nH]1)=C\c1ccccc1. The third-order valence-electron chi connectivity index (χ3n) is 4.52. The van der Waals surface area contributed by atoms with Crippen LogP contribution < -0.4 is 5.43 Å². The maximum Gasteiger partial charge on any atom is 0.289 e. The minimum atomic E-state index is -0.340. The lowest BCUT2D eigenvalue weighted by Crippen LogP contribution is -2.17. The molecule has 3 aromatic carbocycles. The molecular weight excluding hydrogens is 360 g/mol. The highest BCUT2D eigenvalue weighted by Crippen LogP contribution is 2.27. The van der Waals surface area contributed by atoms with Crippen LogP contribution in [0.1, 0.15) is 23.0 Å². The quantitative estimate of drug-likeness (QED) is 0.376. The van der Waals surface area contributed by atoms with E-state index >= 15 is 0 Å². The Morgan fingerprint density at radius 3 is 2.62 bits per heavy atom. The number of hydrogen-bond acceptors (Lipinski definition) is 3. The van der Waals surface area contributed by atoms with Crippen LogP contribution in [0.3, 0.4) is 0 Å². The molecule has 5 nitrogen and oxygen atoms in total. The Kier molecular flexibility index (Phi) is 5.29. The first-order chi connectivity index (χ1) is 14.2. The molecule has 0 saturated heterocycles. The van der Waals surface area contributed by atoms with Crippen molar-refractivity contribution >= 4 is 29.0 Å². The zero-order valence-electron chi connectivity index (χ0n) is 16.0. The van der Waals surface area contributed by atoms with Gasteiger partial charge >= 0.3 is 0 Å². The number of nitrogens with one attached hydrogen (secondary N) is 2. The van der Waals surface area contributed by atoms with Crippen molar-refractivity contribution in [1.29, 1.82) is 0 Å². The molecule has 4 rings (SSSR count). The van der Waals surface area contributed by atoms with Crippen molar-refractivity contribution in [3.63, 3.8) is 0 Å². The Morgan fingerprint density at radius 1 is 1.00 bits per heavy atom. The topological polar surface area (TPSA) is 70.1 Å². The van der Waals surface area contributed by atoms with Crippen molar-refractivity contribution in [1.82, 2.24) is 15.6 Å². The molecular formula is C24H20N4O. The number of aromatic amines is 1. The second-order valence-corrected chi connectivity index (χ2v) is 6.69. The number of allylic oxidation sites excluding steroid dienone is 1. The number of hydrazone groups is 1. The van der Waals surface area contributed by atoms with Gasteiger partial charge in [-0.05, 0) is 34.9 Å². The number of carbonyl (C=O) groups is 1. The first-order valence-corrected chi connectivity index (χ1v) is 9.31. The lowest BCUT2D eigenvalue weighted by Gasteiger charge is -2.02. The Labute approximate surface area is 168 Å². The van der Waals surface area contributed by atoms with Gasteiger partial charge in [-0.2, -0.15) is 10.2 Å². The summed E-state index contributed by atoms with van der Waals surface area (Å²) in [6.45, 7) is 1.93. The molecule has 0 spiro atoms. The Balaban J connectivity index is 1.47. The van der Waals surface area contributed by atoms with Gasteiger partial charge in [-0.3, -0.25) is 9.89 Å². The number of fused-ring (bicyclic) bond motifs is 1. The van der Waals surface area contributed by atoms with E-state index in [1.54, 1.807) is 12.3 Å². The molecule has 0 fully saturated rings. The number of carbonyl (C=O) groups excluding carboxylic acids is 1. The molecule has 5 heteroatoms. The Hall–Kier alpha value is -3.99. The average molecular weight is 380 g/mol. The van der Waals surface area contributed by atoms with E-state index in [-0.39, 0.29) is 5.91 Å². The van der Waals surface area contributed by atoms with Gasteiger partial charge in [0.1, 0.15) is 5.69 Å². The van der Waals surface area contributed by atoms with Crippen LogP contribution in [0.25, 0.3) is 28.1 Å². The molecule has 0 atom stereocenters. The van der Waals surface area contributed by atoms with Crippen molar-refractivity contribution in [2.75, 3.05) is 0 Å². The van der Waals surface area contributed by atoms with Gasteiger partial charge in [0, 0.05) is 5.56 Å². The van der Waals surface area contributed by atoms with Crippen LogP contribution in [0.5, 0.6) is 0 Å². The molecule has 1 heterocycles. The van der Waals surface area contributed by atoms with Crippen LogP contribution in [0.2, 0.25) is 0 Å². The predicted octanol–water partition coefficient (Wildman–Crippen LogP) is 5.05. The van der Waals surface area contributed by atoms with E-state index in [1.165, 1.54) is 0 Å². The van der Waals surface area contributed by atoms with Gasteiger partial charge in [0.25, 0.3) is 5.91 Å². The normalized spacial score (nSPS) is 11.8.